The first-order valence-electron chi connectivity index (χ1n) is 18.2. The van der Waals surface area contributed by atoms with Gasteiger partial charge in [0.05, 0.1) is 0 Å². The Morgan fingerprint density at radius 1 is 0.196 bits per heavy atom. The van der Waals surface area contributed by atoms with Gasteiger partial charge in [-0.15, -0.1) is 0 Å². The van der Waals surface area contributed by atoms with Crippen molar-refractivity contribution in [1.82, 2.24) is 0 Å². The van der Waals surface area contributed by atoms with Crippen LogP contribution in [0.4, 0.5) is 0 Å². The Morgan fingerprint density at radius 2 is 0.304 bits per heavy atom. The summed E-state index contributed by atoms with van der Waals surface area (Å²) in [5.41, 5.74) is 0. The topological polar surface area (TPSA) is 111 Å². The molecule has 12 nitrogen and oxygen atoms in total. The predicted octanol–water partition coefficient (Wildman–Crippen LogP) is 6.38. The third-order valence-corrected chi connectivity index (χ3v) is 11.0. The number of para-hydroxylation sites is 12. The smallest absolute Gasteiger partial charge is 0.523 e. The van der Waals surface area contributed by atoms with Crippen molar-refractivity contribution in [2.45, 2.75) is 10.2 Å². The van der Waals surface area contributed by atoms with Gasteiger partial charge in [0.2, 0.25) is 0 Å². The number of hydrogen-bond acceptors (Lipinski definition) is 12. The van der Waals surface area contributed by atoms with Gasteiger partial charge in [-0.05, 0) is 72.8 Å². The lowest BCUT2D eigenvalue weighted by molar-refractivity contribution is 0.323. The minimum Gasteiger partial charge on any atom is -0.523 e. The third-order valence-electron chi connectivity index (χ3n) is 11.0. The van der Waals surface area contributed by atoms with E-state index < -0.39 is 52.9 Å². The highest BCUT2D eigenvalue weighted by molar-refractivity contribution is 7.04. The quantitative estimate of drug-likeness (QED) is 0.170. The predicted molar refractivity (Wildman–Crippen MR) is 206 cm³/mol. The second kappa shape index (κ2) is 11.9. The van der Waals surface area contributed by atoms with Crippen LogP contribution in [0.15, 0.2) is 146 Å². The second-order valence-electron chi connectivity index (χ2n) is 14.0. The van der Waals surface area contributed by atoms with E-state index >= 15 is 0 Å². The summed E-state index contributed by atoms with van der Waals surface area (Å²) in [5.74, 6) is 5.40. The minimum absolute atomic E-state index is 0.450. The molecule has 0 N–H and O–H groups in total. The van der Waals surface area contributed by atoms with Crippen LogP contribution in [-0.2, 0) is 0 Å². The Morgan fingerprint density at radius 3 is 0.411 bits per heavy atom. The van der Waals surface area contributed by atoms with Gasteiger partial charge < -0.3 is 55.9 Å². The molecule has 0 saturated carbocycles. The van der Waals surface area contributed by atoms with E-state index in [1.165, 1.54) is 0 Å². The Hall–Kier alpha value is -6.69. The first kappa shape index (κ1) is 31.6. The fourth-order valence-electron chi connectivity index (χ4n) is 8.46. The molecule has 0 aliphatic carbocycles. The van der Waals surface area contributed by atoms with E-state index in [9.17, 15) is 0 Å². The molecule has 56 heavy (non-hydrogen) atoms. The fourth-order valence-corrected chi connectivity index (χ4v) is 8.46. The van der Waals surface area contributed by atoms with Crippen LogP contribution in [0.2, 0.25) is 10.2 Å². The molecule has 12 rings (SSSR count). The van der Waals surface area contributed by atoms with Crippen molar-refractivity contribution >= 4 is 42.7 Å². The van der Waals surface area contributed by atoms with Crippen LogP contribution in [0, 0.1) is 0 Å². The summed E-state index contributed by atoms with van der Waals surface area (Å²) in [4.78, 5) is 0. The van der Waals surface area contributed by atoms with E-state index in [1.807, 2.05) is 146 Å². The molecule has 0 atom stereocenters. The van der Waals surface area contributed by atoms with Crippen molar-refractivity contribution in [2.24, 2.45) is 0 Å². The number of hydrogen-bond donors (Lipinski definition) is 0. The Kier molecular flexibility index (Phi) is 6.73. The maximum Gasteiger partial charge on any atom is 0.601 e. The highest BCUT2D eigenvalue weighted by atomic mass is 16.7. The summed E-state index contributed by atoms with van der Waals surface area (Å²) in [6, 6.07) is 44.0. The van der Waals surface area contributed by atoms with E-state index in [0.717, 1.165) is 0 Å². The van der Waals surface area contributed by atoms with E-state index in [4.69, 9.17) is 55.9 Å². The van der Waals surface area contributed by atoms with E-state index in [0.29, 0.717) is 69.0 Å². The van der Waals surface area contributed by atoms with Crippen molar-refractivity contribution in [3.8, 4) is 69.0 Å². The average molecular weight is 737 g/mol. The molecular weight excluding hydrogens is 713 g/mol. The molecule has 6 aromatic carbocycles. The minimum atomic E-state index is -1.96. The zero-order valence-electron chi connectivity index (χ0n) is 29.2. The molecular formula is C38H24B6O12. The molecule has 6 heterocycles. The van der Waals surface area contributed by atoms with Gasteiger partial charge in [0.25, 0.3) is 0 Å². The van der Waals surface area contributed by atoms with Crippen LogP contribution in [0.3, 0.4) is 0 Å². The van der Waals surface area contributed by atoms with Crippen molar-refractivity contribution < 1.29 is 55.9 Å². The third kappa shape index (κ3) is 4.37. The molecule has 0 unspecified atom stereocenters. The molecule has 0 radical (unpaired) electrons. The zero-order chi connectivity index (χ0) is 36.8. The van der Waals surface area contributed by atoms with E-state index in [-0.39, 0.29) is 0 Å². The molecule has 266 valence electrons. The van der Waals surface area contributed by atoms with Crippen molar-refractivity contribution in [2.75, 3.05) is 0 Å². The SMILES string of the molecule is c1ccc2c(c1)OB(C(B1Oc3ccccc3O1)(B1Oc3ccccc3O1)C(B1Oc3ccccc3O1)(B1Oc3ccccc3O1)B1Oc3ccccc3O1)O2. The van der Waals surface area contributed by atoms with Crippen molar-refractivity contribution in [1.29, 1.82) is 0 Å². The summed E-state index contributed by atoms with van der Waals surface area (Å²) >= 11 is 0. The maximum atomic E-state index is 6.94. The summed E-state index contributed by atoms with van der Waals surface area (Å²) in [6.45, 7) is 0. The van der Waals surface area contributed by atoms with Gasteiger partial charge >= 0.3 is 42.7 Å². The van der Waals surface area contributed by atoms with Gasteiger partial charge in [-0.3, -0.25) is 0 Å². The van der Waals surface area contributed by atoms with Crippen LogP contribution >= 0.6 is 0 Å². The van der Waals surface area contributed by atoms with Gasteiger partial charge in [0.15, 0.2) is 10.2 Å². The van der Waals surface area contributed by atoms with Gasteiger partial charge in [-0.1, -0.05) is 72.8 Å². The maximum absolute atomic E-state index is 6.94. The summed E-state index contributed by atoms with van der Waals surface area (Å²) in [7, 11) is -8.24. The van der Waals surface area contributed by atoms with Crippen molar-refractivity contribution in [3.63, 3.8) is 0 Å². The molecule has 18 heteroatoms. The molecule has 0 aromatic heterocycles. The number of rotatable bonds is 7. The molecule has 0 bridgehead atoms. The van der Waals surface area contributed by atoms with Crippen LogP contribution in [0.25, 0.3) is 0 Å². The van der Waals surface area contributed by atoms with Crippen LogP contribution in [0.5, 0.6) is 69.0 Å². The lowest BCUT2D eigenvalue weighted by atomic mass is 9.01. The molecule has 6 aromatic rings. The molecule has 0 spiro atoms. The standard InChI is InChI=1S/C38H24B6O12/c1-2-14-26-25(13-1)45-39(46-26)37(40-47-27-15-3-4-16-28(27)48-40,41-49-29-17-5-6-18-30(29)50-41)38(42-51-31-19-7-8-20-32(31)52-42,43-53-33-21-9-10-22-34(33)54-43)44-55-35-23-11-12-24-36(35)56-44/h1-24H. The summed E-state index contributed by atoms with van der Waals surface area (Å²) in [5, 5.41) is -3.92. The van der Waals surface area contributed by atoms with Crippen LogP contribution < -0.4 is 55.9 Å². The van der Waals surface area contributed by atoms with Gasteiger partial charge in [-0.2, -0.15) is 0 Å². The lowest BCUT2D eigenvalue weighted by Crippen LogP contribution is -2.80. The molecule has 6 aliphatic heterocycles. The zero-order valence-corrected chi connectivity index (χ0v) is 29.2. The molecule has 0 saturated heterocycles. The monoisotopic (exact) mass is 738 g/mol. The van der Waals surface area contributed by atoms with E-state index in [2.05, 4.69) is 0 Å². The van der Waals surface area contributed by atoms with Crippen molar-refractivity contribution in [3.05, 3.63) is 146 Å². The Balaban J connectivity index is 1.17. The molecule has 0 fully saturated rings. The van der Waals surface area contributed by atoms with Gasteiger partial charge in [-0.25, -0.2) is 0 Å². The first-order valence-corrected chi connectivity index (χ1v) is 18.2. The second-order valence-corrected chi connectivity index (χ2v) is 14.0. The highest BCUT2D eigenvalue weighted by Gasteiger charge is 2.98. The summed E-state index contributed by atoms with van der Waals surface area (Å²) < 4.78 is 83.2. The summed E-state index contributed by atoms with van der Waals surface area (Å²) in [6.07, 6.45) is 0. The van der Waals surface area contributed by atoms with Crippen LogP contribution in [-0.4, -0.2) is 42.7 Å². The average Bonchev–Trinajstić information content (AvgIpc) is 4.09. The lowest BCUT2D eigenvalue weighted by Gasteiger charge is -2.47. The highest BCUT2D eigenvalue weighted by Crippen LogP contribution is 2.69. The Bertz CT molecular complexity index is 1940. The van der Waals surface area contributed by atoms with Gasteiger partial charge in [0, 0.05) is 0 Å². The Labute approximate surface area is 322 Å². The number of fused-ring (bicyclic) bond motifs is 6. The van der Waals surface area contributed by atoms with Gasteiger partial charge in [0.1, 0.15) is 69.0 Å². The number of benzene rings is 6. The normalized spacial score (nSPS) is 16.3. The largest absolute Gasteiger partial charge is 0.601 e. The van der Waals surface area contributed by atoms with E-state index in [1.54, 1.807) is 0 Å². The first-order chi connectivity index (χ1) is 27.7. The molecule has 6 aliphatic rings. The fraction of sp³-hybridized carbons (Fsp3) is 0.0526. The van der Waals surface area contributed by atoms with Crippen LogP contribution in [0.1, 0.15) is 0 Å². The molecule has 0 amide bonds.